The largest absolute Gasteiger partial charge is 0.393 e. The minimum Gasteiger partial charge on any atom is -0.393 e. The third kappa shape index (κ3) is 6.77. The Morgan fingerprint density at radius 3 is 2.44 bits per heavy atom. The highest BCUT2D eigenvalue weighted by Gasteiger charge is 2.56. The van der Waals surface area contributed by atoms with Gasteiger partial charge in [-0.1, -0.05) is 31.6 Å². The Morgan fingerprint density at radius 1 is 1.05 bits per heavy atom. The van der Waals surface area contributed by atoms with Gasteiger partial charge in [0.05, 0.1) is 39.6 Å². The first-order chi connectivity index (χ1) is 20.4. The molecule has 248 valence electrons. The van der Waals surface area contributed by atoms with E-state index in [4.69, 9.17) is 18.9 Å². The SMILES string of the molecule is CC1=CCC[C@H]2[C@@]1(CO[C@@H]1O[C@H](CO[C@@H]3OC[C@](O)(CO)[C@@H]3O)[C@@H](O)[C@H](O)[C@H]1O)CC[C@@H](C)[C@]2(C)CC/C(=C/CO)CO. The zero-order chi connectivity index (χ0) is 31.6. The molecule has 12 nitrogen and oxygen atoms in total. The molecule has 0 aromatic rings. The first kappa shape index (κ1) is 34.9. The highest BCUT2D eigenvalue weighted by atomic mass is 16.7. The number of ether oxygens (including phenoxy) is 4. The van der Waals surface area contributed by atoms with Crippen LogP contribution >= 0.6 is 0 Å². The van der Waals surface area contributed by atoms with Crippen molar-refractivity contribution in [3.63, 3.8) is 0 Å². The van der Waals surface area contributed by atoms with E-state index in [1.807, 2.05) is 0 Å². The topological polar surface area (TPSA) is 199 Å². The summed E-state index contributed by atoms with van der Waals surface area (Å²) in [5.41, 5.74) is -0.267. The van der Waals surface area contributed by atoms with Crippen molar-refractivity contribution in [2.24, 2.45) is 22.7 Å². The molecule has 0 amide bonds. The van der Waals surface area contributed by atoms with Crippen LogP contribution in [0.4, 0.5) is 0 Å². The summed E-state index contributed by atoms with van der Waals surface area (Å²) >= 11 is 0. The fraction of sp³-hybridized carbons (Fsp3) is 0.871. The van der Waals surface area contributed by atoms with Gasteiger partial charge in [0.2, 0.25) is 0 Å². The number of hydrogen-bond donors (Lipinski definition) is 8. The summed E-state index contributed by atoms with van der Waals surface area (Å²) in [6, 6.07) is 0. The van der Waals surface area contributed by atoms with Crippen molar-refractivity contribution < 1.29 is 59.8 Å². The second-order valence-corrected chi connectivity index (χ2v) is 13.4. The van der Waals surface area contributed by atoms with Crippen LogP contribution < -0.4 is 0 Å². The maximum absolute atomic E-state index is 10.8. The smallest absolute Gasteiger partial charge is 0.186 e. The minimum absolute atomic E-state index is 0.0857. The van der Waals surface area contributed by atoms with Gasteiger partial charge in [0, 0.05) is 5.41 Å². The van der Waals surface area contributed by atoms with Crippen LogP contribution in [0.3, 0.4) is 0 Å². The van der Waals surface area contributed by atoms with E-state index in [1.165, 1.54) is 5.57 Å². The molecule has 0 aromatic heterocycles. The molecule has 0 radical (unpaired) electrons. The van der Waals surface area contributed by atoms with Crippen molar-refractivity contribution >= 4 is 0 Å². The Kier molecular flexibility index (Phi) is 11.5. The van der Waals surface area contributed by atoms with Crippen LogP contribution in [0.15, 0.2) is 23.3 Å². The molecule has 12 atom stereocenters. The summed E-state index contributed by atoms with van der Waals surface area (Å²) < 4.78 is 23.0. The summed E-state index contributed by atoms with van der Waals surface area (Å²) in [6.45, 7) is 5.31. The molecule has 1 saturated carbocycles. The lowest BCUT2D eigenvalue weighted by Gasteiger charge is -2.59. The highest BCUT2D eigenvalue weighted by Crippen LogP contribution is 2.62. The van der Waals surface area contributed by atoms with Crippen LogP contribution in [-0.4, -0.2) is 129 Å². The Labute approximate surface area is 253 Å². The summed E-state index contributed by atoms with van der Waals surface area (Å²) in [5, 5.41) is 81.1. The number of allylic oxidation sites excluding steroid dienone is 1. The summed E-state index contributed by atoms with van der Waals surface area (Å²) in [7, 11) is 0. The van der Waals surface area contributed by atoms with E-state index in [9.17, 15) is 40.9 Å². The third-order valence-corrected chi connectivity index (χ3v) is 11.0. The Morgan fingerprint density at radius 2 is 1.79 bits per heavy atom. The molecular weight excluding hydrogens is 564 g/mol. The maximum atomic E-state index is 10.8. The molecule has 2 heterocycles. The summed E-state index contributed by atoms with van der Waals surface area (Å²) in [4.78, 5) is 0. The van der Waals surface area contributed by atoms with Gasteiger partial charge in [0.1, 0.15) is 36.1 Å². The van der Waals surface area contributed by atoms with Crippen molar-refractivity contribution in [1.29, 1.82) is 0 Å². The Hall–Kier alpha value is -1.00. The van der Waals surface area contributed by atoms with Crippen molar-refractivity contribution in [2.75, 3.05) is 39.6 Å². The standard InChI is InChI=1S/C31H52O12/c1-18-7-11-30(19(2)5-4-6-22(30)29(18,3)10-8-20(13-33)9-12-32)16-41-27-25(37)24(36)23(35)21(43-27)14-40-28-26(38)31(39,15-34)17-42-28/h5,9,18,21-28,32-39H,4,6-8,10-17H2,1-3H3/b20-9-/t18-,21-,22-,23-,24+,25-,26-,27-,28-,29+,30-,31-/m1/s1. The van der Waals surface area contributed by atoms with Gasteiger partial charge in [-0.05, 0) is 68.3 Å². The number of fused-ring (bicyclic) bond motifs is 1. The minimum atomic E-state index is -1.87. The average Bonchev–Trinajstić information content (AvgIpc) is 3.29. The van der Waals surface area contributed by atoms with Gasteiger partial charge in [0.25, 0.3) is 0 Å². The molecule has 0 aromatic carbocycles. The maximum Gasteiger partial charge on any atom is 0.186 e. The van der Waals surface area contributed by atoms with Gasteiger partial charge < -0.3 is 59.8 Å². The van der Waals surface area contributed by atoms with E-state index in [0.29, 0.717) is 12.3 Å². The Bertz CT molecular complexity index is 990. The van der Waals surface area contributed by atoms with E-state index in [2.05, 4.69) is 26.8 Å². The number of rotatable bonds is 12. The fourth-order valence-corrected chi connectivity index (χ4v) is 7.76. The van der Waals surface area contributed by atoms with Crippen LogP contribution in [0, 0.1) is 22.7 Å². The average molecular weight is 617 g/mol. The highest BCUT2D eigenvalue weighted by molar-refractivity contribution is 5.23. The predicted octanol–water partition coefficient (Wildman–Crippen LogP) is -0.262. The first-order valence-corrected chi connectivity index (χ1v) is 15.5. The third-order valence-electron chi connectivity index (χ3n) is 11.0. The second kappa shape index (κ2) is 14.2. The predicted molar refractivity (Wildman–Crippen MR) is 153 cm³/mol. The van der Waals surface area contributed by atoms with Crippen molar-refractivity contribution in [3.05, 3.63) is 23.3 Å². The molecule has 43 heavy (non-hydrogen) atoms. The van der Waals surface area contributed by atoms with Crippen LogP contribution in [-0.2, 0) is 18.9 Å². The quantitative estimate of drug-likeness (QED) is 0.134. The molecule has 0 spiro atoms. The lowest BCUT2D eigenvalue weighted by molar-refractivity contribution is -0.316. The molecule has 0 bridgehead atoms. The zero-order valence-electron chi connectivity index (χ0n) is 25.5. The Balaban J connectivity index is 1.47. The molecular formula is C31H52O12. The van der Waals surface area contributed by atoms with E-state index in [1.54, 1.807) is 6.08 Å². The number of aliphatic hydroxyl groups excluding tert-OH is 7. The molecule has 4 rings (SSSR count). The van der Waals surface area contributed by atoms with E-state index >= 15 is 0 Å². The van der Waals surface area contributed by atoms with Crippen LogP contribution in [0.25, 0.3) is 0 Å². The molecule has 2 aliphatic heterocycles. The van der Waals surface area contributed by atoms with E-state index < -0.39 is 55.3 Å². The van der Waals surface area contributed by atoms with Gasteiger partial charge in [-0.3, -0.25) is 0 Å². The van der Waals surface area contributed by atoms with Gasteiger partial charge >= 0.3 is 0 Å². The van der Waals surface area contributed by atoms with Crippen molar-refractivity contribution in [1.82, 2.24) is 0 Å². The van der Waals surface area contributed by atoms with E-state index in [-0.39, 0.29) is 49.8 Å². The van der Waals surface area contributed by atoms with Crippen LogP contribution in [0.2, 0.25) is 0 Å². The molecule has 4 aliphatic rings. The molecule has 2 saturated heterocycles. The summed E-state index contributed by atoms with van der Waals surface area (Å²) in [5.74, 6) is 0.654. The fourth-order valence-electron chi connectivity index (χ4n) is 7.76. The second-order valence-electron chi connectivity index (χ2n) is 13.4. The van der Waals surface area contributed by atoms with Gasteiger partial charge in [0.15, 0.2) is 12.6 Å². The van der Waals surface area contributed by atoms with Gasteiger partial charge in [-0.25, -0.2) is 0 Å². The van der Waals surface area contributed by atoms with Crippen LogP contribution in [0.1, 0.15) is 59.3 Å². The molecule has 8 N–H and O–H groups in total. The van der Waals surface area contributed by atoms with Gasteiger partial charge in [-0.2, -0.15) is 0 Å². The molecule has 2 aliphatic carbocycles. The van der Waals surface area contributed by atoms with Crippen molar-refractivity contribution in [3.8, 4) is 0 Å². The summed E-state index contributed by atoms with van der Waals surface area (Å²) in [6.07, 6.45) is -0.677. The first-order valence-electron chi connectivity index (χ1n) is 15.5. The van der Waals surface area contributed by atoms with E-state index in [0.717, 1.165) is 37.7 Å². The van der Waals surface area contributed by atoms with Crippen molar-refractivity contribution in [2.45, 2.75) is 108 Å². The number of aliphatic hydroxyl groups is 8. The lowest BCUT2D eigenvalue weighted by Crippen LogP contribution is -2.60. The lowest BCUT2D eigenvalue weighted by atomic mass is 9.46. The normalized spacial score (nSPS) is 45.6. The zero-order valence-corrected chi connectivity index (χ0v) is 25.5. The van der Waals surface area contributed by atoms with Gasteiger partial charge in [-0.15, -0.1) is 0 Å². The number of hydrogen-bond acceptors (Lipinski definition) is 12. The van der Waals surface area contributed by atoms with Crippen LogP contribution in [0.5, 0.6) is 0 Å². The molecule has 12 heteroatoms. The monoisotopic (exact) mass is 616 g/mol. The molecule has 3 fully saturated rings. The molecule has 0 unspecified atom stereocenters.